The molecule has 0 saturated carbocycles. The van der Waals surface area contributed by atoms with Crippen molar-refractivity contribution in [2.75, 3.05) is 19.3 Å². The summed E-state index contributed by atoms with van der Waals surface area (Å²) >= 11 is 3.42. The van der Waals surface area contributed by atoms with Gasteiger partial charge < -0.3 is 5.32 Å². The molecular weight excluding hydrogens is 328 g/mol. The van der Waals surface area contributed by atoms with Gasteiger partial charge in [-0.3, -0.25) is 0 Å². The molecule has 1 aliphatic rings. The number of nitrogens with one attached hydrogen (secondary N) is 1. The summed E-state index contributed by atoms with van der Waals surface area (Å²) in [5.41, 5.74) is 1.24. The van der Waals surface area contributed by atoms with Crippen LogP contribution >= 0.6 is 15.9 Å². The van der Waals surface area contributed by atoms with Crippen LogP contribution in [0.4, 0.5) is 0 Å². The molecule has 1 aliphatic heterocycles. The van der Waals surface area contributed by atoms with Gasteiger partial charge in [-0.25, -0.2) is 12.7 Å². The maximum Gasteiger partial charge on any atom is 0.211 e. The molecule has 0 bridgehead atoms. The molecule has 1 saturated heterocycles. The molecule has 1 aromatic carbocycles. The molecule has 0 unspecified atom stereocenters. The van der Waals surface area contributed by atoms with E-state index in [-0.39, 0.29) is 0 Å². The fourth-order valence-corrected chi connectivity index (χ4v) is 3.39. The molecule has 0 aliphatic carbocycles. The van der Waals surface area contributed by atoms with E-state index in [4.69, 9.17) is 0 Å². The Morgan fingerprint density at radius 2 is 1.84 bits per heavy atom. The van der Waals surface area contributed by atoms with Gasteiger partial charge in [-0.2, -0.15) is 0 Å². The highest BCUT2D eigenvalue weighted by Crippen LogP contribution is 2.15. The molecule has 1 fully saturated rings. The van der Waals surface area contributed by atoms with Crippen LogP contribution in [-0.4, -0.2) is 38.1 Å². The average Bonchev–Trinajstić information content (AvgIpc) is 2.37. The first-order chi connectivity index (χ1) is 8.95. The Morgan fingerprint density at radius 1 is 1.26 bits per heavy atom. The minimum Gasteiger partial charge on any atom is -0.310 e. The van der Waals surface area contributed by atoms with Crippen molar-refractivity contribution < 1.29 is 8.42 Å². The van der Waals surface area contributed by atoms with Gasteiger partial charge in [-0.15, -0.1) is 0 Å². The van der Waals surface area contributed by atoms with Crippen molar-refractivity contribution in [3.63, 3.8) is 0 Å². The second-order valence-electron chi connectivity index (χ2n) is 4.94. The van der Waals surface area contributed by atoms with E-state index in [0.717, 1.165) is 23.9 Å². The Bertz CT molecular complexity index is 508. The number of hydrogen-bond donors (Lipinski definition) is 1. The molecule has 19 heavy (non-hydrogen) atoms. The van der Waals surface area contributed by atoms with Crippen molar-refractivity contribution in [2.24, 2.45) is 0 Å². The number of benzene rings is 1. The predicted octanol–water partition coefficient (Wildman–Crippen LogP) is 1.96. The van der Waals surface area contributed by atoms with Crippen molar-refractivity contribution in [1.82, 2.24) is 9.62 Å². The van der Waals surface area contributed by atoms with Gasteiger partial charge in [-0.1, -0.05) is 28.1 Å². The topological polar surface area (TPSA) is 49.4 Å². The van der Waals surface area contributed by atoms with E-state index in [0.29, 0.717) is 19.1 Å². The van der Waals surface area contributed by atoms with Crippen LogP contribution in [-0.2, 0) is 16.6 Å². The van der Waals surface area contributed by atoms with Crippen molar-refractivity contribution in [1.29, 1.82) is 0 Å². The van der Waals surface area contributed by atoms with E-state index >= 15 is 0 Å². The van der Waals surface area contributed by atoms with Crippen molar-refractivity contribution in [3.8, 4) is 0 Å². The summed E-state index contributed by atoms with van der Waals surface area (Å²) in [6.45, 7) is 2.07. The highest BCUT2D eigenvalue weighted by atomic mass is 79.9. The Balaban J connectivity index is 1.78. The van der Waals surface area contributed by atoms with Crippen LogP contribution in [0, 0.1) is 0 Å². The zero-order valence-corrected chi connectivity index (χ0v) is 13.4. The van der Waals surface area contributed by atoms with E-state index < -0.39 is 10.0 Å². The number of hydrogen-bond acceptors (Lipinski definition) is 3. The molecule has 1 N–H and O–H groups in total. The molecule has 2 rings (SSSR count). The predicted molar refractivity (Wildman–Crippen MR) is 80.4 cm³/mol. The monoisotopic (exact) mass is 346 g/mol. The summed E-state index contributed by atoms with van der Waals surface area (Å²) in [5.74, 6) is 0. The van der Waals surface area contributed by atoms with Crippen LogP contribution in [0.25, 0.3) is 0 Å². The highest BCUT2D eigenvalue weighted by Gasteiger charge is 2.24. The first-order valence-electron chi connectivity index (χ1n) is 6.38. The summed E-state index contributed by atoms with van der Waals surface area (Å²) in [5, 5.41) is 3.49. The van der Waals surface area contributed by atoms with Gasteiger partial charge in [0.1, 0.15) is 0 Å². The third kappa shape index (κ3) is 4.56. The fourth-order valence-electron chi connectivity index (χ4n) is 2.26. The molecule has 106 valence electrons. The minimum atomic E-state index is -3.02. The van der Waals surface area contributed by atoms with E-state index in [2.05, 4.69) is 33.4 Å². The molecule has 1 aromatic rings. The van der Waals surface area contributed by atoms with Crippen LogP contribution in [0.5, 0.6) is 0 Å². The van der Waals surface area contributed by atoms with Gasteiger partial charge in [0.25, 0.3) is 0 Å². The minimum absolute atomic E-state index is 0.404. The van der Waals surface area contributed by atoms with Gasteiger partial charge in [-0.05, 0) is 30.5 Å². The summed E-state index contributed by atoms with van der Waals surface area (Å²) in [7, 11) is -3.02. The Labute approximate surface area is 123 Å². The molecule has 0 atom stereocenters. The largest absolute Gasteiger partial charge is 0.310 e. The van der Waals surface area contributed by atoms with Crippen LogP contribution in [0.2, 0.25) is 0 Å². The van der Waals surface area contributed by atoms with Gasteiger partial charge in [0, 0.05) is 30.1 Å². The quantitative estimate of drug-likeness (QED) is 0.906. The number of nitrogens with zero attached hydrogens (tertiary/aromatic N) is 1. The normalized spacial score (nSPS) is 18.6. The maximum absolute atomic E-state index is 11.4. The lowest BCUT2D eigenvalue weighted by molar-refractivity contribution is 0.290. The first kappa shape index (κ1) is 15.0. The number of halogens is 1. The maximum atomic E-state index is 11.4. The van der Waals surface area contributed by atoms with Crippen molar-refractivity contribution in [2.45, 2.75) is 25.4 Å². The smallest absolute Gasteiger partial charge is 0.211 e. The summed E-state index contributed by atoms with van der Waals surface area (Å²) in [4.78, 5) is 0. The third-order valence-corrected chi connectivity index (χ3v) is 5.26. The number of sulfonamides is 1. The Morgan fingerprint density at radius 3 is 2.37 bits per heavy atom. The number of rotatable bonds is 4. The molecule has 1 heterocycles. The third-order valence-electron chi connectivity index (χ3n) is 3.43. The van der Waals surface area contributed by atoms with Crippen LogP contribution in [0.3, 0.4) is 0 Å². The second kappa shape index (κ2) is 6.35. The van der Waals surface area contributed by atoms with Gasteiger partial charge in [0.2, 0.25) is 10.0 Å². The lowest BCUT2D eigenvalue weighted by atomic mass is 10.1. The Kier molecular flexibility index (Phi) is 5.00. The van der Waals surface area contributed by atoms with E-state index in [1.807, 2.05) is 12.1 Å². The van der Waals surface area contributed by atoms with Crippen LogP contribution < -0.4 is 5.32 Å². The second-order valence-corrected chi connectivity index (χ2v) is 7.84. The molecular formula is C13H19BrN2O2S. The van der Waals surface area contributed by atoms with Gasteiger partial charge >= 0.3 is 0 Å². The lowest BCUT2D eigenvalue weighted by Crippen LogP contribution is -2.44. The summed E-state index contributed by atoms with van der Waals surface area (Å²) in [6.07, 6.45) is 3.04. The molecule has 0 aromatic heterocycles. The SMILES string of the molecule is CS(=O)(=O)N1CCC(NCc2ccc(Br)cc2)CC1. The van der Waals surface area contributed by atoms with E-state index in [9.17, 15) is 8.42 Å². The standard InChI is InChI=1S/C13H19BrN2O2S/c1-19(17,18)16-8-6-13(7-9-16)15-10-11-2-4-12(14)5-3-11/h2-5,13,15H,6-10H2,1H3. The highest BCUT2D eigenvalue weighted by molar-refractivity contribution is 9.10. The molecule has 0 spiro atoms. The average molecular weight is 347 g/mol. The van der Waals surface area contributed by atoms with Gasteiger partial charge in [0.05, 0.1) is 6.26 Å². The molecule has 0 amide bonds. The van der Waals surface area contributed by atoms with Crippen molar-refractivity contribution in [3.05, 3.63) is 34.3 Å². The lowest BCUT2D eigenvalue weighted by Gasteiger charge is -2.30. The molecule has 4 nitrogen and oxygen atoms in total. The zero-order valence-electron chi connectivity index (χ0n) is 11.0. The molecule has 6 heteroatoms. The van der Waals surface area contributed by atoms with Crippen LogP contribution in [0.15, 0.2) is 28.7 Å². The summed E-state index contributed by atoms with van der Waals surface area (Å²) < 4.78 is 25.5. The zero-order chi connectivity index (χ0) is 13.9. The first-order valence-corrected chi connectivity index (χ1v) is 9.02. The fraction of sp³-hybridized carbons (Fsp3) is 0.538. The van der Waals surface area contributed by atoms with Crippen LogP contribution in [0.1, 0.15) is 18.4 Å². The number of piperidine rings is 1. The van der Waals surface area contributed by atoms with Gasteiger partial charge in [0.15, 0.2) is 0 Å². The molecule has 0 radical (unpaired) electrons. The summed E-state index contributed by atoms with van der Waals surface area (Å²) in [6, 6.07) is 8.64. The Hall–Kier alpha value is -0.430. The van der Waals surface area contributed by atoms with Crippen molar-refractivity contribution >= 4 is 26.0 Å². The van der Waals surface area contributed by atoms with E-state index in [1.165, 1.54) is 11.8 Å². The van der Waals surface area contributed by atoms with E-state index in [1.54, 1.807) is 4.31 Å².